The van der Waals surface area contributed by atoms with Crippen molar-refractivity contribution in [3.8, 4) is 11.1 Å². The summed E-state index contributed by atoms with van der Waals surface area (Å²) in [6.45, 7) is 1.56. The lowest BCUT2D eigenvalue weighted by atomic mass is 9.79. The summed E-state index contributed by atoms with van der Waals surface area (Å²) in [6, 6.07) is 6.25. The molecule has 0 aliphatic rings. The van der Waals surface area contributed by atoms with Crippen LogP contribution in [0.5, 0.6) is 0 Å². The van der Waals surface area contributed by atoms with Crippen LogP contribution in [0.15, 0.2) is 30.3 Å². The molecular formula is C13H10BF3O2. The van der Waals surface area contributed by atoms with Crippen molar-refractivity contribution in [2.75, 3.05) is 0 Å². The molecule has 0 amide bonds. The van der Waals surface area contributed by atoms with Crippen LogP contribution in [-0.4, -0.2) is 17.2 Å². The van der Waals surface area contributed by atoms with Gasteiger partial charge in [-0.1, -0.05) is 24.3 Å². The zero-order chi connectivity index (χ0) is 14.2. The van der Waals surface area contributed by atoms with Gasteiger partial charge in [-0.05, 0) is 24.1 Å². The molecule has 2 nitrogen and oxygen atoms in total. The van der Waals surface area contributed by atoms with Crippen LogP contribution in [-0.2, 0) is 0 Å². The van der Waals surface area contributed by atoms with Crippen molar-refractivity contribution in [2.24, 2.45) is 0 Å². The van der Waals surface area contributed by atoms with Crippen molar-refractivity contribution in [3.05, 3.63) is 53.3 Å². The van der Waals surface area contributed by atoms with Gasteiger partial charge in [0.25, 0.3) is 0 Å². The van der Waals surface area contributed by atoms with Crippen LogP contribution in [0, 0.1) is 24.4 Å². The van der Waals surface area contributed by atoms with Gasteiger partial charge >= 0.3 is 7.12 Å². The van der Waals surface area contributed by atoms with Gasteiger partial charge < -0.3 is 10.0 Å². The molecule has 2 aromatic carbocycles. The van der Waals surface area contributed by atoms with Gasteiger partial charge in [0.2, 0.25) is 0 Å². The molecule has 0 bridgehead atoms. The third kappa shape index (κ3) is 2.50. The van der Waals surface area contributed by atoms with E-state index in [1.807, 2.05) is 0 Å². The van der Waals surface area contributed by atoms with Gasteiger partial charge in [-0.15, -0.1) is 0 Å². The second kappa shape index (κ2) is 5.07. The van der Waals surface area contributed by atoms with Crippen molar-refractivity contribution >= 4 is 12.6 Å². The number of aryl methyl sites for hydroxylation is 1. The zero-order valence-electron chi connectivity index (χ0n) is 9.99. The lowest BCUT2D eigenvalue weighted by Crippen LogP contribution is -2.33. The SMILES string of the molecule is Cc1ccc(-c2ccc(B(O)O)c(F)c2F)cc1F. The van der Waals surface area contributed by atoms with Crippen molar-refractivity contribution < 1.29 is 23.2 Å². The van der Waals surface area contributed by atoms with Gasteiger partial charge in [-0.3, -0.25) is 0 Å². The average molecular weight is 266 g/mol. The molecule has 2 N–H and O–H groups in total. The van der Waals surface area contributed by atoms with Crippen LogP contribution in [0.1, 0.15) is 5.56 Å². The Kier molecular flexibility index (Phi) is 3.64. The molecule has 0 saturated carbocycles. The van der Waals surface area contributed by atoms with Crippen LogP contribution in [0.2, 0.25) is 0 Å². The fourth-order valence-corrected chi connectivity index (χ4v) is 1.75. The number of rotatable bonds is 2. The van der Waals surface area contributed by atoms with Crippen molar-refractivity contribution in [1.82, 2.24) is 0 Å². The highest BCUT2D eigenvalue weighted by Gasteiger charge is 2.22. The molecule has 0 aliphatic heterocycles. The molecule has 0 fully saturated rings. The molecule has 0 spiro atoms. The second-order valence-corrected chi connectivity index (χ2v) is 4.17. The average Bonchev–Trinajstić information content (AvgIpc) is 2.36. The normalized spacial score (nSPS) is 10.6. The minimum atomic E-state index is -2.10. The van der Waals surface area contributed by atoms with E-state index in [0.29, 0.717) is 5.56 Å². The maximum atomic E-state index is 13.8. The van der Waals surface area contributed by atoms with Crippen LogP contribution in [0.4, 0.5) is 13.2 Å². The lowest BCUT2D eigenvalue weighted by Gasteiger charge is -2.09. The van der Waals surface area contributed by atoms with Crippen LogP contribution in [0.25, 0.3) is 11.1 Å². The van der Waals surface area contributed by atoms with E-state index < -0.39 is 30.0 Å². The summed E-state index contributed by atoms with van der Waals surface area (Å²) in [5.41, 5.74) is -0.125. The Morgan fingerprint density at radius 3 is 2.21 bits per heavy atom. The second-order valence-electron chi connectivity index (χ2n) is 4.17. The van der Waals surface area contributed by atoms with Crippen molar-refractivity contribution in [3.63, 3.8) is 0 Å². The number of halogens is 3. The quantitative estimate of drug-likeness (QED) is 0.813. The Bertz CT molecular complexity index is 630. The monoisotopic (exact) mass is 266 g/mol. The van der Waals surface area contributed by atoms with E-state index in [1.165, 1.54) is 18.2 Å². The molecule has 0 heterocycles. The molecule has 6 heteroatoms. The van der Waals surface area contributed by atoms with Crippen LogP contribution < -0.4 is 5.46 Å². The Hall–Kier alpha value is -1.79. The summed E-state index contributed by atoms with van der Waals surface area (Å²) in [4.78, 5) is 0. The van der Waals surface area contributed by atoms with E-state index in [0.717, 1.165) is 12.1 Å². The van der Waals surface area contributed by atoms with Crippen LogP contribution in [0.3, 0.4) is 0 Å². The highest BCUT2D eigenvalue weighted by Crippen LogP contribution is 2.25. The summed E-state index contributed by atoms with van der Waals surface area (Å²) in [6.07, 6.45) is 0. The number of hydrogen-bond donors (Lipinski definition) is 2. The molecule has 0 aliphatic carbocycles. The molecule has 0 aromatic heterocycles. The molecule has 0 unspecified atom stereocenters. The molecule has 2 aromatic rings. The Labute approximate surface area is 108 Å². The van der Waals surface area contributed by atoms with Gasteiger partial charge in [0.15, 0.2) is 11.6 Å². The van der Waals surface area contributed by atoms with Gasteiger partial charge in [0.05, 0.1) is 0 Å². The minimum Gasteiger partial charge on any atom is -0.423 e. The first-order valence-electron chi connectivity index (χ1n) is 5.52. The van der Waals surface area contributed by atoms with E-state index in [4.69, 9.17) is 10.0 Å². The maximum Gasteiger partial charge on any atom is 0.491 e. The summed E-state index contributed by atoms with van der Waals surface area (Å²) < 4.78 is 40.8. The summed E-state index contributed by atoms with van der Waals surface area (Å²) in [7, 11) is -2.10. The minimum absolute atomic E-state index is 0.138. The van der Waals surface area contributed by atoms with Gasteiger partial charge in [0, 0.05) is 11.0 Å². The van der Waals surface area contributed by atoms with Crippen molar-refractivity contribution in [2.45, 2.75) is 6.92 Å². The highest BCUT2D eigenvalue weighted by molar-refractivity contribution is 6.58. The molecule has 19 heavy (non-hydrogen) atoms. The third-order valence-electron chi connectivity index (χ3n) is 2.87. The van der Waals surface area contributed by atoms with E-state index in [9.17, 15) is 13.2 Å². The van der Waals surface area contributed by atoms with Gasteiger partial charge in [-0.25, -0.2) is 13.2 Å². The standard InChI is InChI=1S/C13H10BF3O2/c1-7-2-3-8(6-11(7)15)9-4-5-10(14(18)19)13(17)12(9)16/h2-6,18-19H,1H3. The summed E-state index contributed by atoms with van der Waals surface area (Å²) >= 11 is 0. The Balaban J connectivity index is 2.57. The van der Waals surface area contributed by atoms with Gasteiger partial charge in [0.1, 0.15) is 5.82 Å². The third-order valence-corrected chi connectivity index (χ3v) is 2.87. The molecule has 0 radical (unpaired) electrons. The first kappa shape index (κ1) is 13.6. The summed E-state index contributed by atoms with van der Waals surface area (Å²) in [5, 5.41) is 17.7. The smallest absolute Gasteiger partial charge is 0.423 e. The lowest BCUT2D eigenvalue weighted by molar-refractivity contribution is 0.420. The maximum absolute atomic E-state index is 13.8. The van der Waals surface area contributed by atoms with E-state index in [2.05, 4.69) is 0 Å². The van der Waals surface area contributed by atoms with Crippen molar-refractivity contribution in [1.29, 1.82) is 0 Å². The number of hydrogen-bond acceptors (Lipinski definition) is 2. The van der Waals surface area contributed by atoms with E-state index in [-0.39, 0.29) is 11.1 Å². The first-order valence-corrected chi connectivity index (χ1v) is 5.52. The topological polar surface area (TPSA) is 40.5 Å². The van der Waals surface area contributed by atoms with E-state index in [1.54, 1.807) is 6.92 Å². The predicted octanol–water partition coefficient (Wildman–Crippen LogP) is 1.76. The Morgan fingerprint density at radius 1 is 0.947 bits per heavy atom. The molecule has 98 valence electrons. The first-order chi connectivity index (χ1) is 8.91. The molecule has 0 saturated heterocycles. The highest BCUT2D eigenvalue weighted by atomic mass is 19.2. The number of benzene rings is 2. The molecular weight excluding hydrogens is 256 g/mol. The van der Waals surface area contributed by atoms with Gasteiger partial charge in [-0.2, -0.15) is 0 Å². The fraction of sp³-hybridized carbons (Fsp3) is 0.0769. The molecule has 2 rings (SSSR count). The molecule has 0 atom stereocenters. The zero-order valence-corrected chi connectivity index (χ0v) is 9.99. The summed E-state index contributed by atoms with van der Waals surface area (Å²) in [5.74, 6) is -3.12. The predicted molar refractivity (Wildman–Crippen MR) is 66.3 cm³/mol. The van der Waals surface area contributed by atoms with E-state index >= 15 is 0 Å². The van der Waals surface area contributed by atoms with Crippen LogP contribution >= 0.6 is 0 Å². The Morgan fingerprint density at radius 2 is 1.63 bits per heavy atom. The largest absolute Gasteiger partial charge is 0.491 e. The fourth-order valence-electron chi connectivity index (χ4n) is 1.75.